The molecule has 1 aliphatic rings. The van der Waals surface area contributed by atoms with E-state index < -0.39 is 0 Å². The lowest BCUT2D eigenvalue weighted by Gasteiger charge is -2.30. The van der Waals surface area contributed by atoms with Gasteiger partial charge in [0.25, 0.3) is 0 Å². The van der Waals surface area contributed by atoms with Crippen LogP contribution < -0.4 is 10.6 Å². The quantitative estimate of drug-likeness (QED) is 0.774. The Kier molecular flexibility index (Phi) is 5.90. The van der Waals surface area contributed by atoms with E-state index in [0.717, 1.165) is 32.7 Å². The fourth-order valence-electron chi connectivity index (χ4n) is 1.97. The maximum absolute atomic E-state index is 5.47. The number of morpholine rings is 1. The van der Waals surface area contributed by atoms with Crippen LogP contribution in [0.2, 0.25) is 0 Å². The third-order valence-corrected chi connectivity index (χ3v) is 3.89. The van der Waals surface area contributed by atoms with E-state index >= 15 is 0 Å². The number of ether oxygens (including phenoxy) is 1. The molecule has 3 heteroatoms. The normalized spacial score (nSPS) is 25.6. The van der Waals surface area contributed by atoms with Crippen LogP contribution in [0.25, 0.3) is 0 Å². The fourth-order valence-corrected chi connectivity index (χ4v) is 1.97. The van der Waals surface area contributed by atoms with Gasteiger partial charge >= 0.3 is 0 Å². The van der Waals surface area contributed by atoms with Crippen LogP contribution in [-0.2, 0) is 4.74 Å². The highest BCUT2D eigenvalue weighted by atomic mass is 16.5. The molecular formula is C14H30N2O. The zero-order valence-corrected chi connectivity index (χ0v) is 12.2. The van der Waals surface area contributed by atoms with Crippen LogP contribution in [0.3, 0.4) is 0 Å². The van der Waals surface area contributed by atoms with Crippen LogP contribution in [0.1, 0.15) is 41.0 Å². The molecule has 0 aliphatic carbocycles. The van der Waals surface area contributed by atoms with Gasteiger partial charge in [-0.2, -0.15) is 0 Å². The maximum Gasteiger partial charge on any atom is 0.0620 e. The van der Waals surface area contributed by atoms with Crippen molar-refractivity contribution in [3.05, 3.63) is 0 Å². The summed E-state index contributed by atoms with van der Waals surface area (Å²) >= 11 is 0. The Morgan fingerprint density at radius 1 is 1.35 bits per heavy atom. The lowest BCUT2D eigenvalue weighted by Crippen LogP contribution is -2.45. The average molecular weight is 242 g/mol. The highest BCUT2D eigenvalue weighted by molar-refractivity contribution is 4.78. The molecule has 1 heterocycles. The van der Waals surface area contributed by atoms with E-state index in [1.165, 1.54) is 0 Å². The Balaban J connectivity index is 2.18. The van der Waals surface area contributed by atoms with Gasteiger partial charge in [-0.25, -0.2) is 0 Å². The van der Waals surface area contributed by atoms with Gasteiger partial charge < -0.3 is 15.4 Å². The molecule has 0 aromatic heterocycles. The third-order valence-electron chi connectivity index (χ3n) is 3.89. The summed E-state index contributed by atoms with van der Waals surface area (Å²) in [4.78, 5) is 0. The van der Waals surface area contributed by atoms with Crippen molar-refractivity contribution < 1.29 is 4.74 Å². The predicted molar refractivity (Wildman–Crippen MR) is 73.3 cm³/mol. The molecule has 0 aromatic carbocycles. The summed E-state index contributed by atoms with van der Waals surface area (Å²) < 4.78 is 5.47. The van der Waals surface area contributed by atoms with Crippen molar-refractivity contribution in [1.29, 1.82) is 0 Å². The second-order valence-corrected chi connectivity index (χ2v) is 6.54. The topological polar surface area (TPSA) is 33.3 Å². The molecule has 17 heavy (non-hydrogen) atoms. The summed E-state index contributed by atoms with van der Waals surface area (Å²) in [5, 5.41) is 7.14. The zero-order chi connectivity index (χ0) is 12.9. The van der Waals surface area contributed by atoms with E-state index in [9.17, 15) is 0 Å². The summed E-state index contributed by atoms with van der Waals surface area (Å²) in [7, 11) is 0. The highest BCUT2D eigenvalue weighted by Gasteiger charge is 2.21. The van der Waals surface area contributed by atoms with Crippen molar-refractivity contribution in [2.45, 2.75) is 53.1 Å². The lowest BCUT2D eigenvalue weighted by atomic mass is 9.82. The van der Waals surface area contributed by atoms with Crippen LogP contribution >= 0.6 is 0 Å². The van der Waals surface area contributed by atoms with Crippen LogP contribution in [0.15, 0.2) is 0 Å². The minimum absolute atomic E-state index is 0.388. The van der Waals surface area contributed by atoms with Crippen molar-refractivity contribution in [2.75, 3.05) is 26.3 Å². The Morgan fingerprint density at radius 3 is 2.59 bits per heavy atom. The standard InChI is InChI=1S/C14H30N2O/c1-11(14(3,4)5)9-16-12(2)8-13-10-17-7-6-15-13/h11-13,15-16H,6-10H2,1-5H3. The van der Waals surface area contributed by atoms with Gasteiger partial charge in [-0.3, -0.25) is 0 Å². The molecule has 0 aromatic rings. The minimum atomic E-state index is 0.388. The van der Waals surface area contributed by atoms with Crippen molar-refractivity contribution in [3.63, 3.8) is 0 Å². The van der Waals surface area contributed by atoms with Crippen LogP contribution in [0.4, 0.5) is 0 Å². The van der Waals surface area contributed by atoms with Crippen molar-refractivity contribution in [1.82, 2.24) is 10.6 Å². The molecule has 3 unspecified atom stereocenters. The van der Waals surface area contributed by atoms with Crippen molar-refractivity contribution in [2.24, 2.45) is 11.3 Å². The molecule has 1 saturated heterocycles. The number of rotatable bonds is 5. The van der Waals surface area contributed by atoms with Gasteiger partial charge in [-0.1, -0.05) is 27.7 Å². The van der Waals surface area contributed by atoms with E-state index in [0.29, 0.717) is 23.4 Å². The summed E-state index contributed by atoms with van der Waals surface area (Å²) in [6.07, 6.45) is 1.15. The van der Waals surface area contributed by atoms with E-state index in [-0.39, 0.29) is 0 Å². The third kappa shape index (κ3) is 5.84. The van der Waals surface area contributed by atoms with E-state index in [1.54, 1.807) is 0 Å². The van der Waals surface area contributed by atoms with Gasteiger partial charge in [0.2, 0.25) is 0 Å². The lowest BCUT2D eigenvalue weighted by molar-refractivity contribution is 0.0708. The summed E-state index contributed by atoms with van der Waals surface area (Å²) in [6.45, 7) is 15.3. The highest BCUT2D eigenvalue weighted by Crippen LogP contribution is 2.24. The van der Waals surface area contributed by atoms with Gasteiger partial charge in [-0.15, -0.1) is 0 Å². The molecular weight excluding hydrogens is 212 g/mol. The second-order valence-electron chi connectivity index (χ2n) is 6.54. The molecule has 1 aliphatic heterocycles. The molecule has 102 valence electrons. The molecule has 0 bridgehead atoms. The summed E-state index contributed by atoms with van der Waals surface area (Å²) in [5.41, 5.74) is 0.388. The largest absolute Gasteiger partial charge is 0.379 e. The van der Waals surface area contributed by atoms with Crippen LogP contribution in [-0.4, -0.2) is 38.4 Å². The van der Waals surface area contributed by atoms with Gasteiger partial charge in [0, 0.05) is 18.6 Å². The average Bonchev–Trinajstić information content (AvgIpc) is 2.26. The van der Waals surface area contributed by atoms with Crippen LogP contribution in [0, 0.1) is 11.3 Å². The summed E-state index contributed by atoms with van der Waals surface area (Å²) in [5.74, 6) is 0.695. The van der Waals surface area contributed by atoms with Gasteiger partial charge in [0.15, 0.2) is 0 Å². The van der Waals surface area contributed by atoms with Gasteiger partial charge in [-0.05, 0) is 31.2 Å². The molecule has 0 amide bonds. The minimum Gasteiger partial charge on any atom is -0.379 e. The predicted octanol–water partition coefficient (Wildman–Crippen LogP) is 2.03. The van der Waals surface area contributed by atoms with Gasteiger partial charge in [0.05, 0.1) is 13.2 Å². The first kappa shape index (κ1) is 14.9. The molecule has 3 atom stereocenters. The SMILES string of the molecule is CC(CC1COCCN1)NCC(C)C(C)(C)C. The Labute approximate surface area is 107 Å². The number of nitrogens with one attached hydrogen (secondary N) is 2. The Hall–Kier alpha value is -0.120. The van der Waals surface area contributed by atoms with E-state index in [1.807, 2.05) is 0 Å². The van der Waals surface area contributed by atoms with Gasteiger partial charge in [0.1, 0.15) is 0 Å². The smallest absolute Gasteiger partial charge is 0.0620 e. The van der Waals surface area contributed by atoms with E-state index in [4.69, 9.17) is 4.74 Å². The molecule has 0 saturated carbocycles. The molecule has 3 nitrogen and oxygen atoms in total. The van der Waals surface area contributed by atoms with Crippen molar-refractivity contribution >= 4 is 0 Å². The first-order valence-electron chi connectivity index (χ1n) is 6.94. The Morgan fingerprint density at radius 2 is 2.06 bits per heavy atom. The second kappa shape index (κ2) is 6.72. The molecule has 1 fully saturated rings. The maximum atomic E-state index is 5.47. The molecule has 2 N–H and O–H groups in total. The fraction of sp³-hybridized carbons (Fsp3) is 1.00. The Bertz CT molecular complexity index is 207. The van der Waals surface area contributed by atoms with Crippen molar-refractivity contribution in [3.8, 4) is 0 Å². The number of hydrogen-bond acceptors (Lipinski definition) is 3. The molecule has 1 rings (SSSR count). The van der Waals surface area contributed by atoms with Crippen LogP contribution in [0.5, 0.6) is 0 Å². The molecule has 0 spiro atoms. The first-order valence-corrected chi connectivity index (χ1v) is 6.94. The first-order chi connectivity index (χ1) is 7.89. The zero-order valence-electron chi connectivity index (χ0n) is 12.2. The molecule has 0 radical (unpaired) electrons. The monoisotopic (exact) mass is 242 g/mol. The summed E-state index contributed by atoms with van der Waals surface area (Å²) in [6, 6.07) is 1.08. The number of hydrogen-bond donors (Lipinski definition) is 2. The van der Waals surface area contributed by atoms with E-state index in [2.05, 4.69) is 45.3 Å².